The Kier molecular flexibility index (Phi) is 3.85. The van der Waals surface area contributed by atoms with Crippen LogP contribution in [0.3, 0.4) is 0 Å². The van der Waals surface area contributed by atoms with Crippen LogP contribution in [0.15, 0.2) is 17.7 Å². The zero-order valence-electron chi connectivity index (χ0n) is 11.3. The number of halogens is 3. The van der Waals surface area contributed by atoms with E-state index in [9.17, 15) is 23.1 Å². The monoisotopic (exact) mass is 302 g/mol. The Labute approximate surface area is 118 Å². The Morgan fingerprint density at radius 2 is 2.10 bits per heavy atom. The number of phenolic OH excluding ortho intramolecular Hbond substituents is 1. The molecule has 0 radical (unpaired) electrons. The fraction of sp³-hybridized carbons (Fsp3) is 0.357. The molecule has 1 unspecified atom stereocenters. The van der Waals surface area contributed by atoms with E-state index in [1.165, 1.54) is 26.0 Å². The minimum atomic E-state index is -4.75. The largest absolute Gasteiger partial charge is 0.508 e. The first-order valence-corrected chi connectivity index (χ1v) is 6.19. The van der Waals surface area contributed by atoms with Gasteiger partial charge >= 0.3 is 12.1 Å². The molecular formula is C14H13F3O4. The molecule has 0 saturated heterocycles. The van der Waals surface area contributed by atoms with E-state index in [2.05, 4.69) is 4.74 Å². The highest BCUT2D eigenvalue weighted by Crippen LogP contribution is 2.40. The van der Waals surface area contributed by atoms with E-state index in [4.69, 9.17) is 4.74 Å². The van der Waals surface area contributed by atoms with Crippen molar-refractivity contribution >= 4 is 12.0 Å². The normalized spacial score (nSPS) is 17.6. The Hall–Kier alpha value is -2.18. The second kappa shape index (κ2) is 5.31. The van der Waals surface area contributed by atoms with Crippen molar-refractivity contribution < 1.29 is 32.5 Å². The molecule has 21 heavy (non-hydrogen) atoms. The molecule has 1 heterocycles. The first-order valence-electron chi connectivity index (χ1n) is 6.19. The quantitative estimate of drug-likeness (QED) is 0.853. The van der Waals surface area contributed by atoms with Crippen molar-refractivity contribution in [3.63, 3.8) is 0 Å². The van der Waals surface area contributed by atoms with Gasteiger partial charge in [-0.3, -0.25) is 0 Å². The maximum Gasteiger partial charge on any atom is 0.430 e. The summed E-state index contributed by atoms with van der Waals surface area (Å²) < 4.78 is 48.8. The minimum absolute atomic E-state index is 0.0110. The molecule has 0 fully saturated rings. The lowest BCUT2D eigenvalue weighted by atomic mass is 9.99. The summed E-state index contributed by atoms with van der Waals surface area (Å²) in [4.78, 5) is 11.7. The van der Waals surface area contributed by atoms with Gasteiger partial charge in [0.2, 0.25) is 6.10 Å². The van der Waals surface area contributed by atoms with Crippen molar-refractivity contribution in [2.24, 2.45) is 0 Å². The number of ether oxygens (including phenoxy) is 2. The molecule has 1 aliphatic heterocycles. The second-order valence-corrected chi connectivity index (χ2v) is 4.54. The Balaban J connectivity index is 2.55. The SMILES string of the molecule is CCOC(=O)C1=Cc2cc(O)cc(C)c2OC1C(F)(F)F. The standard InChI is InChI=1S/C14H13F3O4/c1-3-20-13(19)10-6-8-5-9(18)4-7(2)11(8)21-12(10)14(15,16)17/h4-6,12,18H,3H2,1-2H3. The van der Waals surface area contributed by atoms with E-state index in [1.54, 1.807) is 0 Å². The van der Waals surface area contributed by atoms with E-state index in [-0.39, 0.29) is 23.7 Å². The summed E-state index contributed by atoms with van der Waals surface area (Å²) in [5, 5.41) is 9.50. The Morgan fingerprint density at radius 1 is 1.43 bits per heavy atom. The summed E-state index contributed by atoms with van der Waals surface area (Å²) in [6.07, 6.45) is -6.09. The molecule has 1 aliphatic rings. The summed E-state index contributed by atoms with van der Waals surface area (Å²) in [6.45, 7) is 2.95. The molecule has 0 aromatic heterocycles. The average Bonchev–Trinajstić information content (AvgIpc) is 2.36. The molecule has 114 valence electrons. The summed E-state index contributed by atoms with van der Waals surface area (Å²) in [6, 6.07) is 2.52. The molecule has 0 bridgehead atoms. The Bertz CT molecular complexity index is 605. The molecule has 4 nitrogen and oxygen atoms in total. The number of benzene rings is 1. The topological polar surface area (TPSA) is 55.8 Å². The maximum atomic E-state index is 13.1. The third kappa shape index (κ3) is 2.96. The number of fused-ring (bicyclic) bond motifs is 1. The number of hydrogen-bond acceptors (Lipinski definition) is 4. The van der Waals surface area contributed by atoms with Gasteiger partial charge in [0.25, 0.3) is 0 Å². The van der Waals surface area contributed by atoms with Crippen molar-refractivity contribution in [3.05, 3.63) is 28.8 Å². The molecule has 0 aliphatic carbocycles. The van der Waals surface area contributed by atoms with Crippen LogP contribution in [0.5, 0.6) is 11.5 Å². The molecule has 1 aromatic carbocycles. The predicted molar refractivity (Wildman–Crippen MR) is 67.9 cm³/mol. The van der Waals surface area contributed by atoms with Gasteiger partial charge in [-0.25, -0.2) is 4.79 Å². The van der Waals surface area contributed by atoms with Crippen LogP contribution in [-0.4, -0.2) is 30.0 Å². The number of carbonyl (C=O) groups is 1. The Morgan fingerprint density at radius 3 is 2.67 bits per heavy atom. The predicted octanol–water partition coefficient (Wildman–Crippen LogP) is 2.97. The zero-order chi connectivity index (χ0) is 15.8. The molecule has 0 spiro atoms. The van der Waals surface area contributed by atoms with Crippen LogP contribution in [0.2, 0.25) is 0 Å². The van der Waals surface area contributed by atoms with Crippen molar-refractivity contribution in [1.29, 1.82) is 0 Å². The van der Waals surface area contributed by atoms with Crippen LogP contribution in [-0.2, 0) is 9.53 Å². The van der Waals surface area contributed by atoms with Crippen LogP contribution in [0.25, 0.3) is 6.08 Å². The number of esters is 1. The number of phenols is 1. The maximum absolute atomic E-state index is 13.1. The fourth-order valence-corrected chi connectivity index (χ4v) is 2.10. The summed E-state index contributed by atoms with van der Waals surface area (Å²) in [5.74, 6) is -1.23. The highest BCUT2D eigenvalue weighted by molar-refractivity contribution is 5.96. The van der Waals surface area contributed by atoms with Gasteiger partial charge in [0.05, 0.1) is 12.2 Å². The molecule has 2 rings (SSSR count). The number of hydrogen-bond donors (Lipinski definition) is 1. The first kappa shape index (κ1) is 15.2. The highest BCUT2D eigenvalue weighted by Gasteiger charge is 2.49. The van der Waals surface area contributed by atoms with Crippen LogP contribution < -0.4 is 4.74 Å². The van der Waals surface area contributed by atoms with Gasteiger partial charge in [0.1, 0.15) is 11.5 Å². The van der Waals surface area contributed by atoms with Gasteiger partial charge in [-0.15, -0.1) is 0 Å². The van der Waals surface area contributed by atoms with E-state index in [0.717, 1.165) is 6.08 Å². The molecule has 7 heteroatoms. The van der Waals surface area contributed by atoms with Crippen LogP contribution in [0, 0.1) is 6.92 Å². The number of alkyl halides is 3. The molecular weight excluding hydrogens is 289 g/mol. The lowest BCUT2D eigenvalue weighted by molar-refractivity contribution is -0.188. The van der Waals surface area contributed by atoms with Crippen LogP contribution in [0.4, 0.5) is 13.2 Å². The van der Waals surface area contributed by atoms with Crippen molar-refractivity contribution in [1.82, 2.24) is 0 Å². The average molecular weight is 302 g/mol. The van der Waals surface area contributed by atoms with Gasteiger partial charge in [0, 0.05) is 5.56 Å². The number of carbonyl (C=O) groups excluding carboxylic acids is 1. The van der Waals surface area contributed by atoms with Gasteiger partial charge in [-0.2, -0.15) is 13.2 Å². The lowest BCUT2D eigenvalue weighted by Crippen LogP contribution is -2.41. The van der Waals surface area contributed by atoms with Gasteiger partial charge in [0.15, 0.2) is 0 Å². The third-order valence-corrected chi connectivity index (χ3v) is 2.93. The molecule has 1 aromatic rings. The van der Waals surface area contributed by atoms with Crippen molar-refractivity contribution in [2.45, 2.75) is 26.1 Å². The summed E-state index contributed by atoms with van der Waals surface area (Å²) in [5.41, 5.74) is -0.0867. The van der Waals surface area contributed by atoms with Crippen molar-refractivity contribution in [3.8, 4) is 11.5 Å². The first-order chi connectivity index (χ1) is 9.74. The molecule has 1 N–H and O–H groups in total. The van der Waals surface area contributed by atoms with E-state index in [0.29, 0.717) is 5.56 Å². The number of aryl methyl sites for hydroxylation is 1. The van der Waals surface area contributed by atoms with E-state index in [1.807, 2.05) is 0 Å². The summed E-state index contributed by atoms with van der Waals surface area (Å²) >= 11 is 0. The second-order valence-electron chi connectivity index (χ2n) is 4.54. The van der Waals surface area contributed by atoms with Crippen molar-refractivity contribution in [2.75, 3.05) is 6.61 Å². The zero-order valence-corrected chi connectivity index (χ0v) is 11.3. The lowest BCUT2D eigenvalue weighted by Gasteiger charge is -2.28. The summed E-state index contributed by atoms with van der Waals surface area (Å²) in [7, 11) is 0. The molecule has 1 atom stereocenters. The molecule has 0 amide bonds. The number of rotatable bonds is 2. The highest BCUT2D eigenvalue weighted by atomic mass is 19.4. The smallest absolute Gasteiger partial charge is 0.430 e. The fourth-order valence-electron chi connectivity index (χ4n) is 2.10. The van der Waals surface area contributed by atoms with E-state index >= 15 is 0 Å². The van der Waals surface area contributed by atoms with Gasteiger partial charge in [-0.05, 0) is 37.6 Å². The minimum Gasteiger partial charge on any atom is -0.508 e. The number of aromatic hydroxyl groups is 1. The van der Waals surface area contributed by atoms with E-state index < -0.39 is 23.8 Å². The molecule has 0 saturated carbocycles. The third-order valence-electron chi connectivity index (χ3n) is 2.93. The van der Waals surface area contributed by atoms with Gasteiger partial charge < -0.3 is 14.6 Å². The van der Waals surface area contributed by atoms with Crippen LogP contribution >= 0.6 is 0 Å². The van der Waals surface area contributed by atoms with Crippen LogP contribution in [0.1, 0.15) is 18.1 Å². The van der Waals surface area contributed by atoms with Gasteiger partial charge in [-0.1, -0.05) is 0 Å².